The van der Waals surface area contributed by atoms with Crippen molar-refractivity contribution >= 4 is 35.8 Å². The van der Waals surface area contributed by atoms with Crippen molar-refractivity contribution in [2.24, 2.45) is 4.99 Å². The number of methoxy groups -OCH3 is 1. The van der Waals surface area contributed by atoms with Crippen LogP contribution in [0.4, 0.5) is 0 Å². The van der Waals surface area contributed by atoms with E-state index in [1.54, 1.807) is 7.11 Å². The Morgan fingerprint density at radius 3 is 2.53 bits per heavy atom. The summed E-state index contributed by atoms with van der Waals surface area (Å²) in [7, 11) is 1.67. The maximum atomic E-state index is 11.7. The fraction of sp³-hybridized carbons (Fsp3) is 0.417. The number of guanidine groups is 1. The summed E-state index contributed by atoms with van der Waals surface area (Å²) in [5.74, 6) is 2.27. The summed E-state index contributed by atoms with van der Waals surface area (Å²) in [6.45, 7) is 4.24. The minimum atomic E-state index is -0.0556. The first kappa shape index (κ1) is 25.8. The second kappa shape index (κ2) is 13.8. The van der Waals surface area contributed by atoms with Gasteiger partial charge in [-0.2, -0.15) is 0 Å². The molecule has 32 heavy (non-hydrogen) atoms. The van der Waals surface area contributed by atoms with Crippen molar-refractivity contribution in [2.45, 2.75) is 38.8 Å². The largest absolute Gasteiger partial charge is 0.497 e. The molecule has 0 aromatic heterocycles. The van der Waals surface area contributed by atoms with Gasteiger partial charge in [-0.3, -0.25) is 4.79 Å². The summed E-state index contributed by atoms with van der Waals surface area (Å²) < 4.78 is 10.8. The highest BCUT2D eigenvalue weighted by atomic mass is 127. The van der Waals surface area contributed by atoms with Gasteiger partial charge in [0.25, 0.3) is 5.91 Å². The highest BCUT2D eigenvalue weighted by molar-refractivity contribution is 14.0. The Labute approximate surface area is 207 Å². The van der Waals surface area contributed by atoms with Gasteiger partial charge in [-0.15, -0.1) is 24.0 Å². The Kier molecular flexibility index (Phi) is 11.1. The van der Waals surface area contributed by atoms with Crippen LogP contribution >= 0.6 is 24.0 Å². The number of carbonyl (C=O) groups excluding carboxylic acids is 1. The molecule has 0 heterocycles. The number of hydrogen-bond acceptors (Lipinski definition) is 4. The molecule has 1 aliphatic rings. The van der Waals surface area contributed by atoms with Gasteiger partial charge in [-0.05, 0) is 61.6 Å². The monoisotopic (exact) mass is 552 g/mol. The summed E-state index contributed by atoms with van der Waals surface area (Å²) in [4.78, 5) is 16.4. The van der Waals surface area contributed by atoms with Gasteiger partial charge < -0.3 is 25.4 Å². The third-order valence-corrected chi connectivity index (χ3v) is 4.84. The molecule has 3 rings (SSSR count). The molecule has 0 unspecified atom stereocenters. The lowest BCUT2D eigenvalue weighted by Gasteiger charge is -2.12. The van der Waals surface area contributed by atoms with E-state index in [0.717, 1.165) is 49.6 Å². The number of ether oxygens (including phenoxy) is 2. The van der Waals surface area contributed by atoms with Gasteiger partial charge in [-0.25, -0.2) is 4.99 Å². The van der Waals surface area contributed by atoms with E-state index >= 15 is 0 Å². The van der Waals surface area contributed by atoms with Crippen molar-refractivity contribution in [1.29, 1.82) is 0 Å². The predicted molar refractivity (Wildman–Crippen MR) is 138 cm³/mol. The Morgan fingerprint density at radius 1 is 1.06 bits per heavy atom. The summed E-state index contributed by atoms with van der Waals surface area (Å²) >= 11 is 0. The van der Waals surface area contributed by atoms with Crippen LogP contribution in [-0.2, 0) is 17.8 Å². The summed E-state index contributed by atoms with van der Waals surface area (Å²) in [5.41, 5.74) is 2.28. The third kappa shape index (κ3) is 9.33. The number of nitrogens with zero attached hydrogens (tertiary/aromatic N) is 1. The second-order valence-corrected chi connectivity index (χ2v) is 7.50. The standard InChI is InChI=1S/C24H32N4O3.HI/c1-3-25-24(27-16-19-5-4-6-22(15-19)30-2)26-14-13-18-7-11-21(12-8-18)31-17-23(29)28-20-9-10-20;/h4-8,11-12,15,20H,3,9-10,13-14,16-17H2,1-2H3,(H,28,29)(H2,25,26,27);1H. The lowest BCUT2D eigenvalue weighted by Crippen LogP contribution is -2.38. The van der Waals surface area contributed by atoms with Gasteiger partial charge in [0.2, 0.25) is 0 Å². The van der Waals surface area contributed by atoms with Gasteiger partial charge >= 0.3 is 0 Å². The number of amides is 1. The molecule has 0 atom stereocenters. The molecule has 0 saturated heterocycles. The maximum absolute atomic E-state index is 11.7. The van der Waals surface area contributed by atoms with E-state index < -0.39 is 0 Å². The van der Waals surface area contributed by atoms with E-state index in [-0.39, 0.29) is 36.5 Å². The molecule has 1 fully saturated rings. The number of hydrogen-bond donors (Lipinski definition) is 3. The molecule has 1 aliphatic carbocycles. The number of nitrogens with one attached hydrogen (secondary N) is 3. The molecule has 174 valence electrons. The van der Waals surface area contributed by atoms with Crippen molar-refractivity contribution in [1.82, 2.24) is 16.0 Å². The zero-order chi connectivity index (χ0) is 21.9. The molecule has 0 spiro atoms. The zero-order valence-corrected chi connectivity index (χ0v) is 21.1. The normalized spacial score (nSPS) is 13.0. The molecule has 2 aromatic rings. The molecule has 0 radical (unpaired) electrons. The predicted octanol–water partition coefficient (Wildman–Crippen LogP) is 3.27. The first-order chi connectivity index (χ1) is 15.2. The van der Waals surface area contributed by atoms with Crippen LogP contribution in [0.3, 0.4) is 0 Å². The zero-order valence-electron chi connectivity index (χ0n) is 18.7. The van der Waals surface area contributed by atoms with Crippen LogP contribution in [-0.4, -0.2) is 44.7 Å². The number of carbonyl (C=O) groups is 1. The molecular formula is C24H33IN4O3. The molecular weight excluding hydrogens is 519 g/mol. The smallest absolute Gasteiger partial charge is 0.258 e. The quantitative estimate of drug-likeness (QED) is 0.227. The van der Waals surface area contributed by atoms with Crippen LogP contribution in [0.2, 0.25) is 0 Å². The van der Waals surface area contributed by atoms with Crippen molar-refractivity contribution < 1.29 is 14.3 Å². The fourth-order valence-electron chi connectivity index (χ4n) is 3.01. The lowest BCUT2D eigenvalue weighted by molar-refractivity contribution is -0.123. The van der Waals surface area contributed by atoms with Gasteiger partial charge in [0.05, 0.1) is 13.7 Å². The highest BCUT2D eigenvalue weighted by Crippen LogP contribution is 2.18. The van der Waals surface area contributed by atoms with Crippen molar-refractivity contribution in [3.63, 3.8) is 0 Å². The van der Waals surface area contributed by atoms with Crippen LogP contribution in [0, 0.1) is 0 Å². The maximum Gasteiger partial charge on any atom is 0.258 e. The van der Waals surface area contributed by atoms with E-state index in [4.69, 9.17) is 9.47 Å². The van der Waals surface area contributed by atoms with Gasteiger partial charge in [-0.1, -0.05) is 24.3 Å². The Hall–Kier alpha value is -2.49. The van der Waals surface area contributed by atoms with E-state index in [2.05, 4.69) is 20.9 Å². The molecule has 1 saturated carbocycles. The van der Waals surface area contributed by atoms with Crippen LogP contribution in [0.5, 0.6) is 11.5 Å². The summed E-state index contributed by atoms with van der Waals surface area (Å²) in [6.07, 6.45) is 3.01. The van der Waals surface area contributed by atoms with Crippen LogP contribution < -0.4 is 25.4 Å². The average molecular weight is 552 g/mol. The van der Waals surface area contributed by atoms with Crippen molar-refractivity contribution in [3.05, 3.63) is 59.7 Å². The molecule has 7 nitrogen and oxygen atoms in total. The summed E-state index contributed by atoms with van der Waals surface area (Å²) in [5, 5.41) is 9.56. The van der Waals surface area contributed by atoms with Crippen LogP contribution in [0.25, 0.3) is 0 Å². The van der Waals surface area contributed by atoms with Crippen LogP contribution in [0.15, 0.2) is 53.5 Å². The number of rotatable bonds is 11. The summed E-state index contributed by atoms with van der Waals surface area (Å²) in [6, 6.07) is 16.1. The third-order valence-electron chi connectivity index (χ3n) is 4.84. The van der Waals surface area contributed by atoms with E-state index in [1.807, 2.05) is 55.5 Å². The number of aliphatic imine (C=N–C) groups is 1. The Balaban J connectivity index is 0.00000363. The SMILES string of the molecule is CCNC(=NCc1cccc(OC)c1)NCCc1ccc(OCC(=O)NC2CC2)cc1.I. The molecule has 2 aromatic carbocycles. The van der Waals surface area contributed by atoms with Gasteiger partial charge in [0.1, 0.15) is 11.5 Å². The lowest BCUT2D eigenvalue weighted by atomic mass is 10.1. The minimum absolute atomic E-state index is 0. The van der Waals surface area contributed by atoms with Gasteiger partial charge in [0, 0.05) is 19.1 Å². The molecule has 1 amide bonds. The highest BCUT2D eigenvalue weighted by Gasteiger charge is 2.23. The molecule has 3 N–H and O–H groups in total. The second-order valence-electron chi connectivity index (χ2n) is 7.50. The first-order valence-electron chi connectivity index (χ1n) is 10.8. The van der Waals surface area contributed by atoms with E-state index in [9.17, 15) is 4.79 Å². The van der Waals surface area contributed by atoms with Crippen molar-refractivity contribution in [2.75, 3.05) is 26.8 Å². The van der Waals surface area contributed by atoms with Crippen LogP contribution in [0.1, 0.15) is 30.9 Å². The Morgan fingerprint density at radius 2 is 1.84 bits per heavy atom. The number of halogens is 1. The molecule has 8 heteroatoms. The topological polar surface area (TPSA) is 84.0 Å². The Bertz CT molecular complexity index is 870. The first-order valence-corrected chi connectivity index (χ1v) is 10.8. The molecule has 0 bridgehead atoms. The number of benzene rings is 2. The fourth-order valence-corrected chi connectivity index (χ4v) is 3.01. The van der Waals surface area contributed by atoms with E-state index in [1.165, 1.54) is 5.56 Å². The minimum Gasteiger partial charge on any atom is -0.497 e. The van der Waals surface area contributed by atoms with Gasteiger partial charge in [0.15, 0.2) is 12.6 Å². The van der Waals surface area contributed by atoms with Crippen molar-refractivity contribution in [3.8, 4) is 11.5 Å². The molecule has 0 aliphatic heterocycles. The van der Waals surface area contributed by atoms with E-state index in [0.29, 0.717) is 18.3 Å². The average Bonchev–Trinajstić information content (AvgIpc) is 3.61.